The summed E-state index contributed by atoms with van der Waals surface area (Å²) < 4.78 is 10.7. The second kappa shape index (κ2) is 7.17. The summed E-state index contributed by atoms with van der Waals surface area (Å²) in [6.07, 6.45) is 0.753. The van der Waals surface area contributed by atoms with Gasteiger partial charge in [0.25, 0.3) is 0 Å². The molecule has 6 nitrogen and oxygen atoms in total. The molecule has 0 bridgehead atoms. The Bertz CT molecular complexity index is 682. The van der Waals surface area contributed by atoms with E-state index >= 15 is 0 Å². The Balaban J connectivity index is 2.03. The number of hydrogen-bond donors (Lipinski definition) is 2. The predicted octanol–water partition coefficient (Wildman–Crippen LogP) is 3.13. The SMILES string of the molecule is CCc1nc(C)c(CN=C(N)Nc2ccc(OC)c(Cl)c2)o1. The van der Waals surface area contributed by atoms with Gasteiger partial charge in [0, 0.05) is 12.1 Å². The molecule has 0 saturated heterocycles. The molecule has 0 aliphatic heterocycles. The average Bonchev–Trinajstić information content (AvgIpc) is 2.86. The van der Waals surface area contributed by atoms with E-state index in [2.05, 4.69) is 15.3 Å². The minimum atomic E-state index is 0.273. The van der Waals surface area contributed by atoms with E-state index in [1.54, 1.807) is 19.2 Å². The van der Waals surface area contributed by atoms with E-state index in [1.165, 1.54) is 0 Å². The average molecular weight is 323 g/mol. The molecular formula is C15H19ClN4O2. The summed E-state index contributed by atoms with van der Waals surface area (Å²) in [6.45, 7) is 4.21. The molecule has 0 saturated carbocycles. The van der Waals surface area contributed by atoms with Crippen molar-refractivity contribution in [3.8, 4) is 5.75 Å². The van der Waals surface area contributed by atoms with E-state index in [0.29, 0.717) is 23.2 Å². The number of nitrogens with zero attached hydrogens (tertiary/aromatic N) is 2. The number of hydrogen-bond acceptors (Lipinski definition) is 4. The summed E-state index contributed by atoms with van der Waals surface area (Å²) in [7, 11) is 1.56. The van der Waals surface area contributed by atoms with Crippen LogP contribution >= 0.6 is 11.6 Å². The van der Waals surface area contributed by atoms with Gasteiger partial charge < -0.3 is 20.2 Å². The number of aryl methyl sites for hydroxylation is 2. The van der Waals surface area contributed by atoms with Gasteiger partial charge >= 0.3 is 0 Å². The first-order chi connectivity index (χ1) is 10.5. The Hall–Kier alpha value is -2.21. The Morgan fingerprint density at radius 3 is 2.86 bits per heavy atom. The van der Waals surface area contributed by atoms with Gasteiger partial charge in [0.2, 0.25) is 0 Å². The van der Waals surface area contributed by atoms with Crippen molar-refractivity contribution in [1.82, 2.24) is 4.98 Å². The van der Waals surface area contributed by atoms with Crippen LogP contribution in [0.5, 0.6) is 5.75 Å². The van der Waals surface area contributed by atoms with E-state index < -0.39 is 0 Å². The third-order valence-electron chi connectivity index (χ3n) is 3.06. The molecule has 1 heterocycles. The molecule has 7 heteroatoms. The fourth-order valence-electron chi connectivity index (χ4n) is 1.87. The van der Waals surface area contributed by atoms with Gasteiger partial charge in [-0.25, -0.2) is 9.98 Å². The van der Waals surface area contributed by atoms with Gasteiger partial charge in [-0.2, -0.15) is 0 Å². The predicted molar refractivity (Wildman–Crippen MR) is 87.6 cm³/mol. The van der Waals surface area contributed by atoms with Crippen molar-refractivity contribution in [2.24, 2.45) is 10.7 Å². The van der Waals surface area contributed by atoms with Gasteiger partial charge in [-0.15, -0.1) is 0 Å². The molecule has 0 unspecified atom stereocenters. The van der Waals surface area contributed by atoms with Crippen molar-refractivity contribution in [2.75, 3.05) is 12.4 Å². The van der Waals surface area contributed by atoms with Gasteiger partial charge in [-0.1, -0.05) is 18.5 Å². The van der Waals surface area contributed by atoms with Crippen LogP contribution < -0.4 is 15.8 Å². The number of ether oxygens (including phenoxy) is 1. The number of guanidine groups is 1. The van der Waals surface area contributed by atoms with Crippen molar-refractivity contribution in [2.45, 2.75) is 26.8 Å². The number of rotatable bonds is 5. The lowest BCUT2D eigenvalue weighted by Crippen LogP contribution is -2.22. The summed E-state index contributed by atoms with van der Waals surface area (Å²) in [4.78, 5) is 8.54. The van der Waals surface area contributed by atoms with Crippen molar-refractivity contribution in [3.05, 3.63) is 40.6 Å². The Morgan fingerprint density at radius 1 is 1.50 bits per heavy atom. The number of nitrogens with two attached hydrogens (primary N) is 1. The number of aromatic nitrogens is 1. The molecule has 0 spiro atoms. The van der Waals surface area contributed by atoms with E-state index in [0.717, 1.165) is 23.6 Å². The lowest BCUT2D eigenvalue weighted by molar-refractivity contribution is 0.415. The highest BCUT2D eigenvalue weighted by Gasteiger charge is 2.08. The molecule has 2 aromatic rings. The van der Waals surface area contributed by atoms with Crippen LogP contribution in [-0.2, 0) is 13.0 Å². The smallest absolute Gasteiger partial charge is 0.194 e. The van der Waals surface area contributed by atoms with Gasteiger partial charge in [0.1, 0.15) is 18.1 Å². The molecule has 0 aliphatic rings. The van der Waals surface area contributed by atoms with Crippen LogP contribution in [0.3, 0.4) is 0 Å². The largest absolute Gasteiger partial charge is 0.495 e. The van der Waals surface area contributed by atoms with Gasteiger partial charge in [0.05, 0.1) is 17.8 Å². The number of nitrogens with one attached hydrogen (secondary N) is 1. The maximum Gasteiger partial charge on any atom is 0.194 e. The van der Waals surface area contributed by atoms with Crippen LogP contribution in [-0.4, -0.2) is 18.1 Å². The van der Waals surface area contributed by atoms with Crippen molar-refractivity contribution < 1.29 is 9.15 Å². The first kappa shape index (κ1) is 16.2. The van der Waals surface area contributed by atoms with E-state index in [4.69, 9.17) is 26.5 Å². The normalized spacial score (nSPS) is 11.5. The molecule has 0 aliphatic carbocycles. The Morgan fingerprint density at radius 2 is 2.27 bits per heavy atom. The number of anilines is 1. The number of aliphatic imine (C=N–C) groups is 1. The first-order valence-electron chi connectivity index (χ1n) is 6.89. The highest BCUT2D eigenvalue weighted by atomic mass is 35.5. The van der Waals surface area contributed by atoms with Gasteiger partial charge in [0.15, 0.2) is 11.9 Å². The second-order valence-electron chi connectivity index (χ2n) is 4.65. The fraction of sp³-hybridized carbons (Fsp3) is 0.333. The molecular weight excluding hydrogens is 304 g/mol. The number of methoxy groups -OCH3 is 1. The van der Waals surface area contributed by atoms with Crippen LogP contribution in [0, 0.1) is 6.92 Å². The van der Waals surface area contributed by atoms with E-state index in [-0.39, 0.29) is 5.96 Å². The highest BCUT2D eigenvalue weighted by Crippen LogP contribution is 2.27. The quantitative estimate of drug-likeness (QED) is 0.652. The molecule has 2 rings (SSSR count). The zero-order valence-electron chi connectivity index (χ0n) is 12.8. The van der Waals surface area contributed by atoms with Crippen LogP contribution in [0.15, 0.2) is 27.6 Å². The van der Waals surface area contributed by atoms with E-state index in [9.17, 15) is 0 Å². The summed E-state index contributed by atoms with van der Waals surface area (Å²) in [5.41, 5.74) is 7.43. The first-order valence-corrected chi connectivity index (χ1v) is 7.27. The molecule has 0 fully saturated rings. The Labute approximate surface area is 134 Å². The highest BCUT2D eigenvalue weighted by molar-refractivity contribution is 6.32. The molecule has 0 amide bonds. The molecule has 118 valence electrons. The molecule has 0 atom stereocenters. The van der Waals surface area contributed by atoms with Crippen LogP contribution in [0.4, 0.5) is 5.69 Å². The molecule has 22 heavy (non-hydrogen) atoms. The van der Waals surface area contributed by atoms with Gasteiger partial charge in [-0.3, -0.25) is 0 Å². The third-order valence-corrected chi connectivity index (χ3v) is 3.35. The topological polar surface area (TPSA) is 85.7 Å². The maximum atomic E-state index is 6.06. The second-order valence-corrected chi connectivity index (χ2v) is 5.05. The number of halogens is 1. The molecule has 3 N–H and O–H groups in total. The van der Waals surface area contributed by atoms with Crippen molar-refractivity contribution >= 4 is 23.2 Å². The van der Waals surface area contributed by atoms with Crippen LogP contribution in [0.2, 0.25) is 5.02 Å². The fourth-order valence-corrected chi connectivity index (χ4v) is 2.13. The summed E-state index contributed by atoms with van der Waals surface area (Å²) in [5, 5.41) is 3.47. The monoisotopic (exact) mass is 322 g/mol. The third kappa shape index (κ3) is 3.92. The van der Waals surface area contributed by atoms with Crippen molar-refractivity contribution in [1.29, 1.82) is 0 Å². The molecule has 0 radical (unpaired) electrons. The van der Waals surface area contributed by atoms with Crippen LogP contribution in [0.25, 0.3) is 0 Å². The van der Waals surface area contributed by atoms with Crippen molar-refractivity contribution in [3.63, 3.8) is 0 Å². The summed E-state index contributed by atoms with van der Waals surface area (Å²) >= 11 is 6.06. The lowest BCUT2D eigenvalue weighted by atomic mass is 10.3. The summed E-state index contributed by atoms with van der Waals surface area (Å²) in [5.74, 6) is 2.30. The Kier molecular flexibility index (Phi) is 5.27. The zero-order chi connectivity index (χ0) is 16.1. The molecule has 1 aromatic carbocycles. The van der Waals surface area contributed by atoms with E-state index in [1.807, 2.05) is 19.9 Å². The molecule has 1 aromatic heterocycles. The number of benzene rings is 1. The minimum Gasteiger partial charge on any atom is -0.495 e. The summed E-state index contributed by atoms with van der Waals surface area (Å²) in [6, 6.07) is 5.28. The zero-order valence-corrected chi connectivity index (χ0v) is 13.6. The standard InChI is InChI=1S/C15H19ClN4O2/c1-4-14-19-9(2)13(22-14)8-18-15(17)20-10-5-6-12(21-3)11(16)7-10/h5-7H,4,8H2,1-3H3,(H3,17,18,20). The lowest BCUT2D eigenvalue weighted by Gasteiger charge is -2.08. The minimum absolute atomic E-state index is 0.273. The number of oxazole rings is 1. The van der Waals surface area contributed by atoms with Gasteiger partial charge in [-0.05, 0) is 25.1 Å². The maximum absolute atomic E-state index is 6.06. The van der Waals surface area contributed by atoms with Crippen LogP contribution in [0.1, 0.15) is 24.3 Å².